The van der Waals surface area contributed by atoms with Crippen LogP contribution in [0, 0.1) is 0 Å². The van der Waals surface area contributed by atoms with Crippen molar-refractivity contribution in [3.05, 3.63) is 0 Å². The fourth-order valence-corrected chi connectivity index (χ4v) is 1.84. The number of rotatable bonds is 1. The van der Waals surface area contributed by atoms with Gasteiger partial charge in [0.05, 0.1) is 28.2 Å². The fourth-order valence-electron chi connectivity index (χ4n) is 1.84. The lowest BCUT2D eigenvalue weighted by molar-refractivity contribution is -0.803. The molecule has 68 valence electrons. The third-order valence-corrected chi connectivity index (χ3v) is 2.31. The van der Waals surface area contributed by atoms with Crippen LogP contribution < -0.4 is 4.90 Å². The van der Waals surface area contributed by atoms with E-state index in [1.54, 1.807) is 0 Å². The van der Waals surface area contributed by atoms with Crippen molar-refractivity contribution in [3.8, 4) is 0 Å². The van der Waals surface area contributed by atoms with Crippen LogP contribution in [0.25, 0.3) is 0 Å². The first kappa shape index (κ1) is 9.19. The lowest BCUT2D eigenvalue weighted by Crippen LogP contribution is -3.11. The molecule has 0 aliphatic carbocycles. The molecule has 1 aliphatic rings. The normalized spacial score (nSPS) is 29.3. The Bertz CT molecular complexity index is 220. The van der Waals surface area contributed by atoms with Gasteiger partial charge in [-0.2, -0.15) is 0 Å². The molecular weight excluding hydrogens is 154 g/mol. The molecule has 0 bridgehead atoms. The molecule has 2 atom stereocenters. The topological polar surface area (TPSA) is 27.8 Å². The van der Waals surface area contributed by atoms with Crippen molar-refractivity contribution in [2.75, 3.05) is 34.7 Å². The minimum atomic E-state index is 0.0439. The molecule has 0 aromatic rings. The summed E-state index contributed by atoms with van der Waals surface area (Å²) in [5.41, 5.74) is 0. The Kier molecular flexibility index (Phi) is 2.47. The standard InChI is InChI=1S/C8H16N3O/c1-9(2)8-10(3)5-7(6-12)11(8)4/h6-7H,5H2,1-4H3/q+1/p+1. The third-order valence-electron chi connectivity index (χ3n) is 2.31. The number of hydrogen-bond donors (Lipinski definition) is 1. The summed E-state index contributed by atoms with van der Waals surface area (Å²) in [5, 5.41) is 0. The second kappa shape index (κ2) is 3.23. The Balaban J connectivity index is 2.92. The average Bonchev–Trinajstić information content (AvgIpc) is 2.25. The number of carbonyl (C=O) groups is 1. The Hall–Kier alpha value is -0.900. The molecule has 0 aromatic heterocycles. The fraction of sp³-hybridized carbons (Fsp3) is 0.750. The van der Waals surface area contributed by atoms with Gasteiger partial charge in [0, 0.05) is 0 Å². The van der Waals surface area contributed by atoms with Gasteiger partial charge < -0.3 is 0 Å². The van der Waals surface area contributed by atoms with Gasteiger partial charge in [-0.3, -0.25) is 4.79 Å². The molecule has 0 aromatic carbocycles. The smallest absolute Gasteiger partial charge is 0.298 e. The molecular formula is C8H17N3O+2. The number of carbonyl (C=O) groups excluding carboxylic acids is 1. The number of aldehydes is 1. The monoisotopic (exact) mass is 171 g/mol. The van der Waals surface area contributed by atoms with Crippen LogP contribution in [0.5, 0.6) is 0 Å². The summed E-state index contributed by atoms with van der Waals surface area (Å²) in [6, 6.07) is 0.0439. The van der Waals surface area contributed by atoms with Crippen molar-refractivity contribution < 1.29 is 14.3 Å². The van der Waals surface area contributed by atoms with Gasteiger partial charge in [-0.1, -0.05) is 0 Å². The summed E-state index contributed by atoms with van der Waals surface area (Å²) in [4.78, 5) is 14.0. The van der Waals surface area contributed by atoms with E-state index in [4.69, 9.17) is 0 Å². The van der Waals surface area contributed by atoms with E-state index < -0.39 is 0 Å². The van der Waals surface area contributed by atoms with Gasteiger partial charge in [-0.15, -0.1) is 0 Å². The molecule has 1 fully saturated rings. The number of quaternary nitrogens is 1. The van der Waals surface area contributed by atoms with Crippen molar-refractivity contribution in [2.45, 2.75) is 6.04 Å². The van der Waals surface area contributed by atoms with E-state index in [1.165, 1.54) is 10.9 Å². The van der Waals surface area contributed by atoms with E-state index in [0.717, 1.165) is 12.8 Å². The molecule has 0 saturated carbocycles. The van der Waals surface area contributed by atoms with Crippen molar-refractivity contribution >= 4 is 12.2 Å². The van der Waals surface area contributed by atoms with Crippen LogP contribution in [-0.4, -0.2) is 62.5 Å². The van der Waals surface area contributed by atoms with Gasteiger partial charge >= 0.3 is 5.96 Å². The molecule has 1 heterocycles. The number of nitrogens with zero attached hydrogens (tertiary/aromatic N) is 2. The predicted octanol–water partition coefficient (Wildman–Crippen LogP) is -2.36. The quantitative estimate of drug-likeness (QED) is 0.353. The van der Waals surface area contributed by atoms with E-state index in [-0.39, 0.29) is 6.04 Å². The highest BCUT2D eigenvalue weighted by Crippen LogP contribution is 1.94. The molecule has 0 radical (unpaired) electrons. The largest absolute Gasteiger partial charge is 0.444 e. The maximum Gasteiger partial charge on any atom is 0.444 e. The summed E-state index contributed by atoms with van der Waals surface area (Å²) in [5.74, 6) is 1.17. The van der Waals surface area contributed by atoms with Crippen LogP contribution in [-0.2, 0) is 4.79 Å². The molecule has 2 unspecified atom stereocenters. The molecule has 1 N–H and O–H groups in total. The number of guanidine groups is 1. The van der Waals surface area contributed by atoms with Crippen LogP contribution >= 0.6 is 0 Å². The Morgan fingerprint density at radius 2 is 2.25 bits per heavy atom. The van der Waals surface area contributed by atoms with E-state index in [1.807, 2.05) is 26.0 Å². The van der Waals surface area contributed by atoms with E-state index in [2.05, 4.69) is 11.6 Å². The van der Waals surface area contributed by atoms with E-state index in [0.29, 0.717) is 0 Å². The molecule has 1 saturated heterocycles. The lowest BCUT2D eigenvalue weighted by atomic mass is 10.3. The van der Waals surface area contributed by atoms with Gasteiger partial charge in [-0.25, -0.2) is 14.4 Å². The van der Waals surface area contributed by atoms with Crippen LogP contribution in [0.4, 0.5) is 0 Å². The zero-order valence-electron chi connectivity index (χ0n) is 8.16. The molecule has 4 nitrogen and oxygen atoms in total. The van der Waals surface area contributed by atoms with Crippen LogP contribution in [0.1, 0.15) is 0 Å². The summed E-state index contributed by atoms with van der Waals surface area (Å²) in [6.07, 6.45) is 1.01. The highest BCUT2D eigenvalue weighted by atomic mass is 16.1. The minimum Gasteiger partial charge on any atom is -0.298 e. The van der Waals surface area contributed by atoms with E-state index in [9.17, 15) is 4.79 Å². The summed E-state index contributed by atoms with van der Waals surface area (Å²) in [7, 11) is 8.05. The van der Waals surface area contributed by atoms with Crippen LogP contribution in [0.2, 0.25) is 0 Å². The lowest BCUT2D eigenvalue weighted by Gasteiger charge is -2.06. The zero-order valence-corrected chi connectivity index (χ0v) is 8.16. The maximum atomic E-state index is 10.6. The number of nitrogens with one attached hydrogen (secondary N) is 1. The average molecular weight is 171 g/mol. The van der Waals surface area contributed by atoms with Gasteiger partial charge in [0.2, 0.25) is 6.04 Å². The molecule has 0 spiro atoms. The number of hydrogen-bond acceptors (Lipinski definition) is 1. The SMILES string of the molecule is CN1C(=[N+](C)C)[NH+](C)CC1C=O. The van der Waals surface area contributed by atoms with Crippen molar-refractivity contribution in [1.82, 2.24) is 4.90 Å². The highest BCUT2D eigenvalue weighted by molar-refractivity contribution is 5.74. The highest BCUT2D eigenvalue weighted by Gasteiger charge is 2.42. The van der Waals surface area contributed by atoms with Crippen LogP contribution in [0.3, 0.4) is 0 Å². The van der Waals surface area contributed by atoms with Gasteiger partial charge in [-0.05, 0) is 0 Å². The zero-order chi connectivity index (χ0) is 9.30. The summed E-state index contributed by atoms with van der Waals surface area (Å²) in [6.45, 7) is 0.869. The Morgan fingerprint density at radius 1 is 1.67 bits per heavy atom. The van der Waals surface area contributed by atoms with Crippen molar-refractivity contribution in [2.24, 2.45) is 0 Å². The second-order valence-corrected chi connectivity index (χ2v) is 3.52. The summed E-state index contributed by atoms with van der Waals surface area (Å²) >= 11 is 0. The molecule has 1 aliphatic heterocycles. The van der Waals surface area contributed by atoms with Crippen molar-refractivity contribution in [3.63, 3.8) is 0 Å². The summed E-state index contributed by atoms with van der Waals surface area (Å²) < 4.78 is 2.05. The van der Waals surface area contributed by atoms with Gasteiger partial charge in [0.1, 0.15) is 6.54 Å². The maximum absolute atomic E-state index is 10.6. The Morgan fingerprint density at radius 3 is 2.50 bits per heavy atom. The molecule has 12 heavy (non-hydrogen) atoms. The predicted molar refractivity (Wildman–Crippen MR) is 46.5 cm³/mol. The molecule has 1 rings (SSSR count). The molecule has 0 amide bonds. The first-order chi connectivity index (χ1) is 5.57. The van der Waals surface area contributed by atoms with Crippen molar-refractivity contribution in [1.29, 1.82) is 0 Å². The number of likely N-dealkylation sites (N-methyl/N-ethyl adjacent to an activating group) is 2. The van der Waals surface area contributed by atoms with Gasteiger partial charge in [0.25, 0.3) is 0 Å². The minimum absolute atomic E-state index is 0.0439. The first-order valence-electron chi connectivity index (χ1n) is 4.13. The van der Waals surface area contributed by atoms with Crippen LogP contribution in [0.15, 0.2) is 0 Å². The third kappa shape index (κ3) is 1.34. The second-order valence-electron chi connectivity index (χ2n) is 3.52. The Labute approximate surface area is 73.1 Å². The molecule has 4 heteroatoms. The first-order valence-corrected chi connectivity index (χ1v) is 4.13. The van der Waals surface area contributed by atoms with E-state index >= 15 is 0 Å². The van der Waals surface area contributed by atoms with Gasteiger partial charge in [0.15, 0.2) is 6.29 Å².